The van der Waals surface area contributed by atoms with Gasteiger partial charge >= 0.3 is 0 Å². The van der Waals surface area contributed by atoms with Crippen LogP contribution in [0.25, 0.3) is 0 Å². The minimum Gasteiger partial charge on any atom is -0.370 e. The second-order valence-corrected chi connectivity index (χ2v) is 6.98. The van der Waals surface area contributed by atoms with E-state index in [1.807, 2.05) is 24.3 Å². The molecule has 1 heterocycles. The van der Waals surface area contributed by atoms with Gasteiger partial charge in [-0.2, -0.15) is 0 Å². The van der Waals surface area contributed by atoms with Crippen LogP contribution in [-0.4, -0.2) is 24.1 Å². The molecule has 1 aliphatic rings. The Kier molecular flexibility index (Phi) is 5.83. The van der Waals surface area contributed by atoms with Gasteiger partial charge in [0.15, 0.2) is 5.11 Å². The quantitative estimate of drug-likeness (QED) is 0.794. The lowest BCUT2D eigenvalue weighted by Gasteiger charge is -2.33. The fraction of sp³-hybridized carbons (Fsp3) is 0.300. The van der Waals surface area contributed by atoms with Crippen LogP contribution >= 0.6 is 12.2 Å². The molecule has 0 atom stereocenters. The maximum absolute atomic E-state index is 13.7. The summed E-state index contributed by atoms with van der Waals surface area (Å²) >= 11 is 5.25. The number of benzene rings is 2. The van der Waals surface area contributed by atoms with E-state index in [4.69, 9.17) is 12.2 Å². The number of hydrogen-bond acceptors (Lipinski definition) is 3. The molecule has 2 aromatic rings. The summed E-state index contributed by atoms with van der Waals surface area (Å²) in [4.78, 5) is 14.5. The molecule has 1 aliphatic heterocycles. The molecule has 1 saturated heterocycles. The van der Waals surface area contributed by atoms with E-state index in [-0.39, 0.29) is 10.7 Å². The first-order valence-corrected chi connectivity index (χ1v) is 9.16. The molecule has 136 valence electrons. The summed E-state index contributed by atoms with van der Waals surface area (Å²) in [5.41, 5.74) is 1.86. The Morgan fingerprint density at radius 1 is 1.12 bits per heavy atom. The monoisotopic (exact) mass is 371 g/mol. The lowest BCUT2D eigenvalue weighted by atomic mass is 9.98. The molecule has 0 aliphatic carbocycles. The van der Waals surface area contributed by atoms with Crippen molar-refractivity contribution in [1.82, 2.24) is 5.32 Å². The molecule has 26 heavy (non-hydrogen) atoms. The van der Waals surface area contributed by atoms with E-state index in [1.165, 1.54) is 12.1 Å². The summed E-state index contributed by atoms with van der Waals surface area (Å²) in [5.74, 6) is -0.395. The van der Waals surface area contributed by atoms with Crippen LogP contribution < -0.4 is 15.5 Å². The molecule has 6 heteroatoms. The van der Waals surface area contributed by atoms with Crippen LogP contribution in [0.3, 0.4) is 0 Å². The van der Waals surface area contributed by atoms with E-state index in [2.05, 4.69) is 22.5 Å². The zero-order chi connectivity index (χ0) is 18.5. The summed E-state index contributed by atoms with van der Waals surface area (Å²) in [6.45, 7) is 4.26. The van der Waals surface area contributed by atoms with Crippen LogP contribution in [0, 0.1) is 11.7 Å². The van der Waals surface area contributed by atoms with E-state index >= 15 is 0 Å². The van der Waals surface area contributed by atoms with E-state index in [0.29, 0.717) is 0 Å². The highest BCUT2D eigenvalue weighted by Crippen LogP contribution is 2.29. The van der Waals surface area contributed by atoms with Crippen LogP contribution in [0.15, 0.2) is 48.5 Å². The maximum Gasteiger partial charge on any atom is 0.260 e. The van der Waals surface area contributed by atoms with Gasteiger partial charge in [-0.05, 0) is 55.2 Å². The molecule has 4 nitrogen and oxygen atoms in total. The van der Waals surface area contributed by atoms with Crippen molar-refractivity contribution in [3.63, 3.8) is 0 Å². The van der Waals surface area contributed by atoms with E-state index < -0.39 is 11.7 Å². The van der Waals surface area contributed by atoms with Crippen molar-refractivity contribution in [3.05, 3.63) is 59.9 Å². The van der Waals surface area contributed by atoms with Gasteiger partial charge < -0.3 is 10.2 Å². The fourth-order valence-electron chi connectivity index (χ4n) is 3.07. The summed E-state index contributed by atoms with van der Waals surface area (Å²) in [5, 5.41) is 5.77. The maximum atomic E-state index is 13.7. The first-order valence-electron chi connectivity index (χ1n) is 8.75. The number of halogens is 1. The second-order valence-electron chi connectivity index (χ2n) is 6.57. The van der Waals surface area contributed by atoms with Crippen molar-refractivity contribution in [1.29, 1.82) is 0 Å². The van der Waals surface area contributed by atoms with Crippen LogP contribution in [0.5, 0.6) is 0 Å². The molecule has 0 bridgehead atoms. The topological polar surface area (TPSA) is 44.4 Å². The van der Waals surface area contributed by atoms with Gasteiger partial charge in [-0.3, -0.25) is 10.1 Å². The number of nitrogens with one attached hydrogen (secondary N) is 2. The lowest BCUT2D eigenvalue weighted by molar-refractivity contribution is 0.0974. The van der Waals surface area contributed by atoms with Gasteiger partial charge in [0.1, 0.15) is 5.82 Å². The number of thiocarbonyl (C=S) groups is 1. The third-order valence-electron chi connectivity index (χ3n) is 4.62. The molecule has 1 fully saturated rings. The van der Waals surface area contributed by atoms with Gasteiger partial charge in [0.2, 0.25) is 0 Å². The highest BCUT2D eigenvalue weighted by molar-refractivity contribution is 7.80. The van der Waals surface area contributed by atoms with Gasteiger partial charge in [0, 0.05) is 13.1 Å². The van der Waals surface area contributed by atoms with Crippen LogP contribution in [0.2, 0.25) is 0 Å². The molecule has 1 amide bonds. The molecule has 3 rings (SSSR count). The number of piperidine rings is 1. The minimum atomic E-state index is -0.573. The number of hydrogen-bond donors (Lipinski definition) is 2. The van der Waals surface area contributed by atoms with Crippen LogP contribution in [-0.2, 0) is 0 Å². The first-order chi connectivity index (χ1) is 12.5. The van der Waals surface area contributed by atoms with Crippen molar-refractivity contribution in [2.75, 3.05) is 23.3 Å². The van der Waals surface area contributed by atoms with Gasteiger partial charge in [-0.15, -0.1) is 0 Å². The number of nitrogens with zero attached hydrogens (tertiary/aromatic N) is 1. The molecule has 2 N–H and O–H groups in total. The van der Waals surface area contributed by atoms with Crippen molar-refractivity contribution in [2.45, 2.75) is 19.8 Å². The predicted octanol–water partition coefficient (Wildman–Crippen LogP) is 4.19. The third kappa shape index (κ3) is 4.38. The van der Waals surface area contributed by atoms with Crippen molar-refractivity contribution >= 4 is 34.6 Å². The molecular formula is C20H22FN3OS. The molecular weight excluding hydrogens is 349 g/mol. The van der Waals surface area contributed by atoms with E-state index in [1.54, 1.807) is 12.1 Å². The number of carbonyl (C=O) groups excluding carboxylic acids is 1. The van der Waals surface area contributed by atoms with Crippen LogP contribution in [0.4, 0.5) is 15.8 Å². The van der Waals surface area contributed by atoms with Gasteiger partial charge in [0.25, 0.3) is 5.91 Å². The zero-order valence-corrected chi connectivity index (χ0v) is 15.5. The van der Waals surface area contributed by atoms with Crippen LogP contribution in [0.1, 0.15) is 30.1 Å². The van der Waals surface area contributed by atoms with Crippen molar-refractivity contribution < 1.29 is 9.18 Å². The Balaban J connectivity index is 1.68. The SMILES string of the molecule is CC1CCN(c2ccccc2NC(=S)NC(=O)c2ccccc2F)CC1. The predicted molar refractivity (Wildman–Crippen MR) is 107 cm³/mol. The highest BCUT2D eigenvalue weighted by atomic mass is 32.1. The van der Waals surface area contributed by atoms with E-state index in [0.717, 1.165) is 43.2 Å². The Bertz CT molecular complexity index is 803. The molecule has 2 aromatic carbocycles. The number of para-hydroxylation sites is 2. The third-order valence-corrected chi connectivity index (χ3v) is 4.83. The smallest absolute Gasteiger partial charge is 0.260 e. The number of anilines is 2. The number of carbonyl (C=O) groups is 1. The minimum absolute atomic E-state index is 0.0325. The van der Waals surface area contributed by atoms with Gasteiger partial charge in [0.05, 0.1) is 16.9 Å². The number of rotatable bonds is 3. The average molecular weight is 371 g/mol. The molecule has 0 saturated carbocycles. The molecule has 0 unspecified atom stereocenters. The molecule has 0 spiro atoms. The molecule has 0 aromatic heterocycles. The first kappa shape index (κ1) is 18.3. The fourth-order valence-corrected chi connectivity index (χ4v) is 3.28. The Morgan fingerprint density at radius 3 is 2.50 bits per heavy atom. The van der Waals surface area contributed by atoms with Crippen molar-refractivity contribution in [3.8, 4) is 0 Å². The number of amides is 1. The van der Waals surface area contributed by atoms with Crippen molar-refractivity contribution in [2.24, 2.45) is 5.92 Å². The lowest BCUT2D eigenvalue weighted by Crippen LogP contribution is -2.36. The molecule has 0 radical (unpaired) electrons. The Morgan fingerprint density at radius 2 is 1.77 bits per heavy atom. The summed E-state index contributed by atoms with van der Waals surface area (Å²) in [6.07, 6.45) is 2.31. The summed E-state index contributed by atoms with van der Waals surface area (Å²) < 4.78 is 13.7. The summed E-state index contributed by atoms with van der Waals surface area (Å²) in [6, 6.07) is 13.7. The van der Waals surface area contributed by atoms with Gasteiger partial charge in [-0.25, -0.2) is 4.39 Å². The second kappa shape index (κ2) is 8.27. The largest absolute Gasteiger partial charge is 0.370 e. The summed E-state index contributed by atoms with van der Waals surface area (Å²) in [7, 11) is 0. The standard InChI is InChI=1S/C20H22FN3OS/c1-14-10-12-24(13-11-14)18-9-5-4-8-17(18)22-20(26)23-19(25)15-6-2-3-7-16(15)21/h2-9,14H,10-13H2,1H3,(H2,22,23,25,26). The van der Waals surface area contributed by atoms with Gasteiger partial charge in [-0.1, -0.05) is 31.2 Å². The highest BCUT2D eigenvalue weighted by Gasteiger charge is 2.19. The normalized spacial score (nSPS) is 14.8. The zero-order valence-electron chi connectivity index (χ0n) is 14.7. The Hall–Kier alpha value is -2.47. The average Bonchev–Trinajstić information content (AvgIpc) is 2.63. The Labute approximate surface area is 158 Å². The van der Waals surface area contributed by atoms with E-state index in [9.17, 15) is 9.18 Å².